The number of unbranched alkanes of at least 4 members (excludes halogenated alkanes) is 27. The van der Waals surface area contributed by atoms with Crippen LogP contribution in [0.5, 0.6) is 0 Å². The average Bonchev–Trinajstić information content (AvgIpc) is 3.24. The Morgan fingerprint density at radius 2 is 0.836 bits per heavy atom. The Bertz CT molecular complexity index is 1120. The van der Waals surface area contributed by atoms with Crippen molar-refractivity contribution in [3.8, 4) is 0 Å². The summed E-state index contributed by atoms with van der Waals surface area (Å²) in [6.45, 7) is 3.31. The van der Waals surface area contributed by atoms with E-state index in [0.29, 0.717) is 12.8 Å². The summed E-state index contributed by atoms with van der Waals surface area (Å²) in [6, 6.07) is 0. The lowest BCUT2D eigenvalue weighted by Gasteiger charge is -2.41. The van der Waals surface area contributed by atoms with E-state index < -0.39 is 75.7 Å². The molecule has 6 unspecified atom stereocenters. The zero-order valence-electron chi connectivity index (χ0n) is 38.2. The topological polar surface area (TPSA) is 210 Å². The van der Waals surface area contributed by atoms with Crippen LogP contribution >= 0.6 is 7.82 Å². The minimum atomic E-state index is -5.11. The Hall–Kier alpha value is -1.41. The van der Waals surface area contributed by atoms with Crippen LogP contribution in [0.4, 0.5) is 0 Å². The number of rotatable bonds is 41. The summed E-state index contributed by atoms with van der Waals surface area (Å²) in [7, 11) is -5.11. The van der Waals surface area contributed by atoms with E-state index in [4.69, 9.17) is 18.5 Å². The van der Waals surface area contributed by atoms with Gasteiger partial charge in [-0.3, -0.25) is 18.6 Å². The molecule has 8 atom stereocenters. The first-order valence-corrected chi connectivity index (χ1v) is 26.0. The molecule has 6 N–H and O–H groups in total. The quantitative estimate of drug-likeness (QED) is 0.0146. The number of carbonyl (C=O) groups is 2. The zero-order chi connectivity index (χ0) is 45.0. The van der Waals surface area contributed by atoms with Gasteiger partial charge in [-0.1, -0.05) is 180 Å². The maximum atomic E-state index is 12.8. The fourth-order valence-electron chi connectivity index (χ4n) is 7.64. The predicted octanol–water partition coefficient (Wildman–Crippen LogP) is 9.84. The van der Waals surface area contributed by atoms with E-state index in [1.54, 1.807) is 0 Å². The van der Waals surface area contributed by atoms with Crippen LogP contribution in [0.2, 0.25) is 0 Å². The molecular weight excluding hydrogens is 803 g/mol. The standard InChI is InChI=1S/C47H89O13P/c1-3-5-7-9-11-13-15-17-19-20-22-24-26-28-30-32-34-36-41(49)59-39(38-58-61(55,56)60-47-45(53)43(51)42(50)44(52)46(47)54)37-57-40(48)35-33-31-29-27-25-23-21-18-16-14-12-10-8-6-4-2/h13,15,39,42-47,50-54H,3-12,14,16-38H2,1-2H3,(H,55,56)/b15-13+/t39-,42?,43+,44?,45?,46?,47?/m1/s1. The van der Waals surface area contributed by atoms with Crippen LogP contribution < -0.4 is 0 Å². The number of phosphoric acid groups is 1. The van der Waals surface area contributed by atoms with Gasteiger partial charge in [0.2, 0.25) is 0 Å². The normalized spacial score (nSPS) is 22.0. The van der Waals surface area contributed by atoms with E-state index in [2.05, 4.69) is 26.0 Å². The SMILES string of the molecule is CCCCCC/C=C/CCCCCCCCCCCC(=O)O[C@H](COC(=O)CCCCCCCCCCCCCCCCC)COP(=O)(O)OC1C(O)C(O)C(O)[C@H](O)C1O. The second-order valence-electron chi connectivity index (χ2n) is 17.3. The number of allylic oxidation sites excluding steroid dienone is 2. The highest BCUT2D eigenvalue weighted by Gasteiger charge is 2.51. The third kappa shape index (κ3) is 30.4. The Labute approximate surface area is 369 Å². The van der Waals surface area contributed by atoms with Crippen LogP contribution in [0.25, 0.3) is 0 Å². The van der Waals surface area contributed by atoms with Gasteiger partial charge in [0.25, 0.3) is 0 Å². The molecule has 1 fully saturated rings. The minimum Gasteiger partial charge on any atom is -0.462 e. The Morgan fingerprint density at radius 1 is 0.492 bits per heavy atom. The maximum absolute atomic E-state index is 12.8. The molecule has 1 saturated carbocycles. The molecule has 0 aliphatic heterocycles. The smallest absolute Gasteiger partial charge is 0.462 e. The first-order valence-electron chi connectivity index (χ1n) is 24.5. The Kier molecular flexibility index (Phi) is 35.8. The van der Waals surface area contributed by atoms with Crippen molar-refractivity contribution in [1.29, 1.82) is 0 Å². The van der Waals surface area contributed by atoms with Crippen molar-refractivity contribution < 1.29 is 63.1 Å². The van der Waals surface area contributed by atoms with Crippen molar-refractivity contribution in [3.05, 3.63) is 12.2 Å². The lowest BCUT2D eigenvalue weighted by atomic mass is 9.85. The monoisotopic (exact) mass is 893 g/mol. The predicted molar refractivity (Wildman–Crippen MR) is 240 cm³/mol. The van der Waals surface area contributed by atoms with Crippen molar-refractivity contribution in [2.75, 3.05) is 13.2 Å². The number of hydrogen-bond acceptors (Lipinski definition) is 12. The summed E-state index contributed by atoms with van der Waals surface area (Å²) in [5.74, 6) is -1.09. The molecule has 0 aromatic rings. The summed E-state index contributed by atoms with van der Waals surface area (Å²) in [5.41, 5.74) is 0. The van der Waals surface area contributed by atoms with E-state index in [9.17, 15) is 44.6 Å². The summed E-state index contributed by atoms with van der Waals surface area (Å²) >= 11 is 0. The lowest BCUT2D eigenvalue weighted by molar-refractivity contribution is -0.220. The van der Waals surface area contributed by atoms with Gasteiger partial charge in [-0.25, -0.2) is 4.57 Å². The molecule has 0 bridgehead atoms. The molecule has 1 aliphatic carbocycles. The molecule has 0 aromatic carbocycles. The number of hydrogen-bond donors (Lipinski definition) is 6. The molecule has 1 aliphatic rings. The van der Waals surface area contributed by atoms with Crippen LogP contribution in [0.15, 0.2) is 12.2 Å². The number of aliphatic hydroxyl groups is 5. The largest absolute Gasteiger partial charge is 0.472 e. The van der Waals surface area contributed by atoms with Crippen molar-refractivity contribution >= 4 is 19.8 Å². The average molecular weight is 893 g/mol. The van der Waals surface area contributed by atoms with Crippen LogP contribution in [-0.2, 0) is 32.7 Å². The molecule has 0 heterocycles. The van der Waals surface area contributed by atoms with E-state index in [-0.39, 0.29) is 12.8 Å². The van der Waals surface area contributed by atoms with Crippen molar-refractivity contribution in [3.63, 3.8) is 0 Å². The molecule has 14 heteroatoms. The summed E-state index contributed by atoms with van der Waals surface area (Å²) in [6.07, 6.45) is 26.9. The molecule has 0 radical (unpaired) electrons. The number of aliphatic hydroxyl groups excluding tert-OH is 5. The van der Waals surface area contributed by atoms with Gasteiger partial charge in [-0.2, -0.15) is 0 Å². The maximum Gasteiger partial charge on any atom is 0.472 e. The zero-order valence-corrected chi connectivity index (χ0v) is 39.1. The fraction of sp³-hybridized carbons (Fsp3) is 0.915. The molecule has 0 saturated heterocycles. The van der Waals surface area contributed by atoms with Gasteiger partial charge in [0.05, 0.1) is 6.61 Å². The van der Waals surface area contributed by atoms with E-state index >= 15 is 0 Å². The Balaban J connectivity index is 2.42. The molecule has 61 heavy (non-hydrogen) atoms. The first kappa shape index (κ1) is 57.6. The van der Waals surface area contributed by atoms with Crippen LogP contribution in [0.1, 0.15) is 219 Å². The summed E-state index contributed by atoms with van der Waals surface area (Å²) in [5, 5.41) is 50.2. The van der Waals surface area contributed by atoms with Crippen LogP contribution in [0, 0.1) is 0 Å². The fourth-order valence-corrected chi connectivity index (χ4v) is 8.61. The highest BCUT2D eigenvalue weighted by Crippen LogP contribution is 2.47. The second-order valence-corrected chi connectivity index (χ2v) is 18.7. The van der Waals surface area contributed by atoms with Gasteiger partial charge in [-0.05, 0) is 38.5 Å². The number of phosphoric ester groups is 1. The second kappa shape index (κ2) is 37.9. The minimum absolute atomic E-state index is 0.0988. The number of carbonyl (C=O) groups excluding carboxylic acids is 2. The van der Waals surface area contributed by atoms with Crippen molar-refractivity contribution in [1.82, 2.24) is 0 Å². The van der Waals surface area contributed by atoms with Crippen LogP contribution in [-0.4, -0.2) is 98.3 Å². The van der Waals surface area contributed by atoms with Gasteiger partial charge in [-0.15, -0.1) is 0 Å². The number of esters is 2. The van der Waals surface area contributed by atoms with E-state index in [1.807, 2.05) is 0 Å². The highest BCUT2D eigenvalue weighted by molar-refractivity contribution is 7.47. The van der Waals surface area contributed by atoms with Crippen LogP contribution in [0.3, 0.4) is 0 Å². The highest BCUT2D eigenvalue weighted by atomic mass is 31.2. The third-order valence-corrected chi connectivity index (χ3v) is 12.6. The van der Waals surface area contributed by atoms with E-state index in [1.165, 1.54) is 128 Å². The van der Waals surface area contributed by atoms with Gasteiger partial charge in [0.1, 0.15) is 43.2 Å². The van der Waals surface area contributed by atoms with Gasteiger partial charge in [0, 0.05) is 12.8 Å². The Morgan fingerprint density at radius 3 is 1.26 bits per heavy atom. The lowest BCUT2D eigenvalue weighted by Crippen LogP contribution is -2.64. The summed E-state index contributed by atoms with van der Waals surface area (Å²) in [4.78, 5) is 35.7. The van der Waals surface area contributed by atoms with E-state index in [0.717, 1.165) is 51.4 Å². The molecule has 0 amide bonds. The van der Waals surface area contributed by atoms with Gasteiger partial charge < -0.3 is 39.9 Å². The van der Waals surface area contributed by atoms with Crippen molar-refractivity contribution in [2.45, 2.75) is 262 Å². The molecule has 0 aromatic heterocycles. The molecule has 13 nitrogen and oxygen atoms in total. The molecule has 1 rings (SSSR count). The van der Waals surface area contributed by atoms with Gasteiger partial charge in [0.15, 0.2) is 6.10 Å². The van der Waals surface area contributed by atoms with Gasteiger partial charge >= 0.3 is 19.8 Å². The first-order chi connectivity index (χ1) is 29.4. The molecule has 0 spiro atoms. The third-order valence-electron chi connectivity index (χ3n) is 11.6. The van der Waals surface area contributed by atoms with Crippen molar-refractivity contribution in [2.24, 2.45) is 0 Å². The molecular formula is C47H89O13P. The molecule has 360 valence electrons. The summed E-state index contributed by atoms with van der Waals surface area (Å²) < 4.78 is 33.6. The number of ether oxygens (including phenoxy) is 2.